The first-order valence-corrected chi connectivity index (χ1v) is 7.81. The molecule has 1 aromatic carbocycles. The van der Waals surface area contributed by atoms with Gasteiger partial charge in [0.05, 0.1) is 22.6 Å². The van der Waals surface area contributed by atoms with Gasteiger partial charge in [-0.2, -0.15) is 13.2 Å². The Morgan fingerprint density at radius 2 is 1.71 bits per heavy atom. The van der Waals surface area contributed by atoms with E-state index in [4.69, 9.17) is 5.11 Å². The third-order valence-corrected chi connectivity index (χ3v) is 4.81. The minimum Gasteiger partial charge on any atom is -0.478 e. The fourth-order valence-corrected chi connectivity index (χ4v) is 3.25. The molecule has 0 amide bonds. The van der Waals surface area contributed by atoms with Crippen molar-refractivity contribution < 1.29 is 31.5 Å². The molecule has 0 bridgehead atoms. The number of alkyl halides is 3. The van der Waals surface area contributed by atoms with E-state index in [2.05, 4.69) is 0 Å². The molecule has 0 aromatic heterocycles. The number of carboxylic acids is 1. The van der Waals surface area contributed by atoms with Crippen LogP contribution in [0.4, 0.5) is 18.9 Å². The van der Waals surface area contributed by atoms with Crippen molar-refractivity contribution in [1.82, 2.24) is 0 Å². The molecule has 2 rings (SSSR count). The molecular formula is C12H12F3NO4S. The molecular weight excluding hydrogens is 311 g/mol. The largest absolute Gasteiger partial charge is 0.478 e. The van der Waals surface area contributed by atoms with E-state index in [1.807, 2.05) is 0 Å². The maximum absolute atomic E-state index is 12.8. The van der Waals surface area contributed by atoms with Gasteiger partial charge in [0.1, 0.15) is 0 Å². The molecule has 21 heavy (non-hydrogen) atoms. The van der Waals surface area contributed by atoms with Gasteiger partial charge in [-0.05, 0) is 18.2 Å². The Morgan fingerprint density at radius 3 is 2.19 bits per heavy atom. The van der Waals surface area contributed by atoms with E-state index in [0.717, 1.165) is 12.1 Å². The van der Waals surface area contributed by atoms with Crippen LogP contribution in [-0.4, -0.2) is 44.1 Å². The summed E-state index contributed by atoms with van der Waals surface area (Å²) in [5.74, 6) is -1.79. The number of sulfone groups is 1. The smallest absolute Gasteiger partial charge is 0.416 e. The van der Waals surface area contributed by atoms with Crippen LogP contribution in [0.5, 0.6) is 0 Å². The average Bonchev–Trinajstić information content (AvgIpc) is 2.37. The first kappa shape index (κ1) is 15.6. The molecule has 9 heteroatoms. The van der Waals surface area contributed by atoms with E-state index >= 15 is 0 Å². The number of hydrogen-bond acceptors (Lipinski definition) is 4. The lowest BCUT2D eigenvalue weighted by atomic mass is 10.1. The molecule has 1 heterocycles. The van der Waals surface area contributed by atoms with Gasteiger partial charge >= 0.3 is 12.1 Å². The minimum absolute atomic E-state index is 0.0443. The van der Waals surface area contributed by atoms with Crippen molar-refractivity contribution in [1.29, 1.82) is 0 Å². The molecule has 0 saturated carbocycles. The Kier molecular flexibility index (Phi) is 3.87. The molecule has 1 N–H and O–H groups in total. The van der Waals surface area contributed by atoms with E-state index in [-0.39, 0.29) is 30.3 Å². The molecule has 116 valence electrons. The molecule has 1 aliphatic heterocycles. The lowest BCUT2D eigenvalue weighted by Crippen LogP contribution is -2.40. The quantitative estimate of drug-likeness (QED) is 0.895. The molecule has 0 aliphatic carbocycles. The van der Waals surface area contributed by atoms with E-state index in [1.165, 1.54) is 4.90 Å². The van der Waals surface area contributed by atoms with Crippen LogP contribution in [0.25, 0.3) is 0 Å². The molecule has 1 saturated heterocycles. The lowest BCUT2D eigenvalue weighted by Gasteiger charge is -2.29. The molecule has 0 atom stereocenters. The van der Waals surface area contributed by atoms with E-state index in [9.17, 15) is 26.4 Å². The van der Waals surface area contributed by atoms with Crippen molar-refractivity contribution in [2.24, 2.45) is 0 Å². The second-order valence-corrected chi connectivity index (χ2v) is 7.01. The first-order chi connectivity index (χ1) is 9.58. The van der Waals surface area contributed by atoms with Gasteiger partial charge in [-0.15, -0.1) is 0 Å². The average molecular weight is 323 g/mol. The van der Waals surface area contributed by atoms with Crippen LogP contribution in [0.2, 0.25) is 0 Å². The van der Waals surface area contributed by atoms with Crippen LogP contribution in [0, 0.1) is 0 Å². The fourth-order valence-electron chi connectivity index (χ4n) is 2.05. The Bertz CT molecular complexity index is 656. The number of carboxylic acid groups (broad SMARTS) is 1. The van der Waals surface area contributed by atoms with Gasteiger partial charge in [0, 0.05) is 18.8 Å². The van der Waals surface area contributed by atoms with Crippen LogP contribution in [0.1, 0.15) is 15.9 Å². The van der Waals surface area contributed by atoms with Crippen LogP contribution in [-0.2, 0) is 16.0 Å². The topological polar surface area (TPSA) is 74.7 Å². The Balaban J connectivity index is 2.39. The monoisotopic (exact) mass is 323 g/mol. The molecule has 5 nitrogen and oxygen atoms in total. The standard InChI is InChI=1S/C12H12F3NO4S/c13-12(14,15)9-5-8(11(17)18)6-10(7-9)16-1-3-21(19,20)4-2-16/h5-7H,1-4H2,(H,17,18). The Hall–Kier alpha value is -1.77. The van der Waals surface area contributed by atoms with E-state index < -0.39 is 33.1 Å². The zero-order valence-corrected chi connectivity index (χ0v) is 11.5. The summed E-state index contributed by atoms with van der Waals surface area (Å²) in [6.45, 7) is 0.0887. The normalized spacial score (nSPS) is 18.5. The zero-order chi connectivity index (χ0) is 15.8. The predicted octanol–water partition coefficient (Wildman–Crippen LogP) is 1.64. The summed E-state index contributed by atoms with van der Waals surface area (Å²) in [7, 11) is -3.17. The number of nitrogens with zero attached hydrogens (tertiary/aromatic N) is 1. The van der Waals surface area contributed by atoms with Crippen molar-refractivity contribution in [3.05, 3.63) is 29.3 Å². The van der Waals surface area contributed by atoms with E-state index in [0.29, 0.717) is 6.07 Å². The molecule has 0 radical (unpaired) electrons. The highest BCUT2D eigenvalue weighted by Crippen LogP contribution is 2.33. The van der Waals surface area contributed by atoms with Gasteiger partial charge in [0.2, 0.25) is 0 Å². The van der Waals surface area contributed by atoms with Crippen LogP contribution < -0.4 is 4.90 Å². The molecule has 1 aliphatic rings. The third-order valence-electron chi connectivity index (χ3n) is 3.20. The van der Waals surface area contributed by atoms with Crippen LogP contribution in [0.3, 0.4) is 0 Å². The highest BCUT2D eigenvalue weighted by molar-refractivity contribution is 7.91. The summed E-state index contributed by atoms with van der Waals surface area (Å²) in [5, 5.41) is 8.90. The molecule has 1 fully saturated rings. The van der Waals surface area contributed by atoms with Gasteiger partial charge in [-0.25, -0.2) is 13.2 Å². The molecule has 0 spiro atoms. The summed E-state index contributed by atoms with van der Waals surface area (Å²) in [6.07, 6.45) is -4.66. The SMILES string of the molecule is O=C(O)c1cc(N2CCS(=O)(=O)CC2)cc(C(F)(F)F)c1. The fraction of sp³-hybridized carbons (Fsp3) is 0.417. The van der Waals surface area contributed by atoms with Gasteiger partial charge < -0.3 is 10.0 Å². The molecule has 0 unspecified atom stereocenters. The predicted molar refractivity (Wildman–Crippen MR) is 69.3 cm³/mol. The number of benzene rings is 1. The minimum atomic E-state index is -4.66. The maximum atomic E-state index is 12.8. The number of carbonyl (C=O) groups is 1. The lowest BCUT2D eigenvalue weighted by molar-refractivity contribution is -0.137. The Labute approximate surface area is 118 Å². The summed E-state index contributed by atoms with van der Waals surface area (Å²) in [6, 6.07) is 2.52. The highest BCUT2D eigenvalue weighted by atomic mass is 32.2. The summed E-state index contributed by atoms with van der Waals surface area (Å²) in [5.41, 5.74) is -1.48. The number of halogens is 3. The second kappa shape index (κ2) is 5.21. The first-order valence-electron chi connectivity index (χ1n) is 5.99. The summed E-state index contributed by atoms with van der Waals surface area (Å²) >= 11 is 0. The summed E-state index contributed by atoms with van der Waals surface area (Å²) in [4.78, 5) is 12.4. The summed E-state index contributed by atoms with van der Waals surface area (Å²) < 4.78 is 61.0. The van der Waals surface area contributed by atoms with Crippen LogP contribution >= 0.6 is 0 Å². The van der Waals surface area contributed by atoms with Crippen molar-refractivity contribution in [2.75, 3.05) is 29.5 Å². The van der Waals surface area contributed by atoms with Gasteiger partial charge in [-0.1, -0.05) is 0 Å². The highest BCUT2D eigenvalue weighted by Gasteiger charge is 2.33. The van der Waals surface area contributed by atoms with Crippen molar-refractivity contribution in [3.63, 3.8) is 0 Å². The number of aromatic carboxylic acids is 1. The number of anilines is 1. The second-order valence-electron chi connectivity index (χ2n) is 4.71. The number of rotatable bonds is 2. The van der Waals surface area contributed by atoms with Crippen molar-refractivity contribution in [2.45, 2.75) is 6.18 Å². The van der Waals surface area contributed by atoms with Crippen molar-refractivity contribution in [3.8, 4) is 0 Å². The van der Waals surface area contributed by atoms with Crippen molar-refractivity contribution >= 4 is 21.5 Å². The van der Waals surface area contributed by atoms with Gasteiger partial charge in [-0.3, -0.25) is 0 Å². The zero-order valence-electron chi connectivity index (χ0n) is 10.7. The molecule has 1 aromatic rings. The number of hydrogen-bond donors (Lipinski definition) is 1. The maximum Gasteiger partial charge on any atom is 0.416 e. The Morgan fingerprint density at radius 1 is 1.14 bits per heavy atom. The van der Waals surface area contributed by atoms with E-state index in [1.54, 1.807) is 0 Å². The van der Waals surface area contributed by atoms with Gasteiger partial charge in [0.15, 0.2) is 9.84 Å². The third kappa shape index (κ3) is 3.66. The van der Waals surface area contributed by atoms with Crippen LogP contribution in [0.15, 0.2) is 18.2 Å². The van der Waals surface area contributed by atoms with Gasteiger partial charge in [0.25, 0.3) is 0 Å².